The average molecular weight is 370 g/mol. The minimum absolute atomic E-state index is 0.243. The van der Waals surface area contributed by atoms with E-state index in [1.807, 2.05) is 19.3 Å². The van der Waals surface area contributed by atoms with E-state index in [1.54, 1.807) is 30.4 Å². The van der Waals surface area contributed by atoms with Gasteiger partial charge in [-0.05, 0) is 50.2 Å². The van der Waals surface area contributed by atoms with Gasteiger partial charge in [0, 0.05) is 13.2 Å². The van der Waals surface area contributed by atoms with Gasteiger partial charge in [0.05, 0.1) is 35.8 Å². The van der Waals surface area contributed by atoms with E-state index in [2.05, 4.69) is 26.1 Å². The van der Waals surface area contributed by atoms with Gasteiger partial charge in [-0.2, -0.15) is 0 Å². The molecule has 1 saturated heterocycles. The van der Waals surface area contributed by atoms with Crippen molar-refractivity contribution < 1.29 is 4.74 Å². The number of rotatable bonds is 6. The standard InChI is InChI=1S/C18H26N8O/c1-26-22-11-16(25-26)13-3-5-15(24-18(13)27-2)14(19)4-6-17(20)23-12-7-9-21-10-8-12/h3-6,11-12,19,21-22,25H,7-10H2,1-2H3,(H2,20,23)/b6-4-,19-14?. The number of hydrogen-bond donors (Lipinski definition) is 5. The van der Waals surface area contributed by atoms with Gasteiger partial charge >= 0.3 is 0 Å². The van der Waals surface area contributed by atoms with Crippen LogP contribution < -0.4 is 26.6 Å². The van der Waals surface area contributed by atoms with E-state index in [0.29, 0.717) is 17.4 Å². The summed E-state index contributed by atoms with van der Waals surface area (Å²) in [5, 5.41) is 13.3. The lowest BCUT2D eigenvalue weighted by Crippen LogP contribution is -2.34. The molecule has 0 aromatic carbocycles. The molecule has 3 rings (SSSR count). The lowest BCUT2D eigenvalue weighted by molar-refractivity contribution is 0.251. The van der Waals surface area contributed by atoms with Crippen LogP contribution in [-0.4, -0.2) is 54.9 Å². The Morgan fingerprint density at radius 2 is 2.15 bits per heavy atom. The summed E-state index contributed by atoms with van der Waals surface area (Å²) in [5.41, 5.74) is 14.5. The fraction of sp³-hybridized carbons (Fsp3) is 0.389. The van der Waals surface area contributed by atoms with E-state index < -0.39 is 0 Å². The Morgan fingerprint density at radius 1 is 1.37 bits per heavy atom. The van der Waals surface area contributed by atoms with E-state index in [0.717, 1.165) is 37.2 Å². The van der Waals surface area contributed by atoms with Crippen LogP contribution in [0, 0.1) is 5.41 Å². The predicted octanol–water partition coefficient (Wildman–Crippen LogP) is 0.376. The number of nitrogens with zero attached hydrogens (tertiary/aromatic N) is 3. The van der Waals surface area contributed by atoms with Crippen molar-refractivity contribution in [1.29, 1.82) is 5.41 Å². The first-order chi connectivity index (χ1) is 13.1. The molecule has 1 aromatic heterocycles. The molecule has 0 saturated carbocycles. The molecule has 0 bridgehead atoms. The number of hydrogen-bond acceptors (Lipinski definition) is 8. The molecule has 0 unspecified atom stereocenters. The monoisotopic (exact) mass is 370 g/mol. The van der Waals surface area contributed by atoms with Gasteiger partial charge in [0.1, 0.15) is 5.84 Å². The zero-order valence-corrected chi connectivity index (χ0v) is 15.6. The molecule has 0 spiro atoms. The largest absolute Gasteiger partial charge is 0.480 e. The van der Waals surface area contributed by atoms with Gasteiger partial charge in [-0.15, -0.1) is 5.12 Å². The van der Waals surface area contributed by atoms with Crippen molar-refractivity contribution in [2.45, 2.75) is 18.9 Å². The molecule has 144 valence electrons. The third-order valence-corrected chi connectivity index (χ3v) is 4.37. The number of methoxy groups -OCH3 is 1. The molecule has 1 aromatic rings. The van der Waals surface area contributed by atoms with E-state index in [1.165, 1.54) is 0 Å². The highest BCUT2D eigenvalue weighted by atomic mass is 16.5. The Morgan fingerprint density at radius 3 is 2.81 bits per heavy atom. The lowest BCUT2D eigenvalue weighted by Gasteiger charge is -2.18. The number of piperidine rings is 1. The van der Waals surface area contributed by atoms with Gasteiger partial charge in [0.15, 0.2) is 0 Å². The minimum atomic E-state index is 0.243. The summed E-state index contributed by atoms with van der Waals surface area (Å²) in [6.45, 7) is 1.93. The minimum Gasteiger partial charge on any atom is -0.480 e. The first-order valence-corrected chi connectivity index (χ1v) is 8.90. The number of nitrogens with two attached hydrogens (primary N) is 1. The van der Waals surface area contributed by atoms with Gasteiger partial charge in [0.25, 0.3) is 0 Å². The van der Waals surface area contributed by atoms with Gasteiger partial charge in [0.2, 0.25) is 5.88 Å². The Balaban J connectivity index is 1.70. The normalized spacial score (nSPS) is 18.9. The van der Waals surface area contributed by atoms with Crippen LogP contribution in [0.25, 0.3) is 5.70 Å². The van der Waals surface area contributed by atoms with Crippen LogP contribution in [0.4, 0.5) is 0 Å². The van der Waals surface area contributed by atoms with E-state index in [-0.39, 0.29) is 11.8 Å². The summed E-state index contributed by atoms with van der Waals surface area (Å²) >= 11 is 0. The van der Waals surface area contributed by atoms with Crippen LogP contribution in [0.1, 0.15) is 24.1 Å². The predicted molar refractivity (Wildman–Crippen MR) is 106 cm³/mol. The fourth-order valence-electron chi connectivity index (χ4n) is 2.94. The molecule has 0 radical (unpaired) electrons. The molecular weight excluding hydrogens is 344 g/mol. The van der Waals surface area contributed by atoms with Gasteiger partial charge in [-0.3, -0.25) is 15.8 Å². The van der Waals surface area contributed by atoms with Gasteiger partial charge in [-0.25, -0.2) is 4.98 Å². The van der Waals surface area contributed by atoms with Crippen LogP contribution >= 0.6 is 0 Å². The zero-order valence-electron chi connectivity index (χ0n) is 15.6. The lowest BCUT2D eigenvalue weighted by atomic mass is 10.1. The summed E-state index contributed by atoms with van der Waals surface area (Å²) < 4.78 is 5.40. The Hall–Kier alpha value is -2.91. The average Bonchev–Trinajstić information content (AvgIpc) is 3.12. The second kappa shape index (κ2) is 8.65. The zero-order chi connectivity index (χ0) is 19.2. The van der Waals surface area contributed by atoms with E-state index in [4.69, 9.17) is 15.9 Å². The quantitative estimate of drug-likeness (QED) is 0.362. The third-order valence-electron chi connectivity index (χ3n) is 4.37. The van der Waals surface area contributed by atoms with Crippen molar-refractivity contribution in [2.24, 2.45) is 10.7 Å². The maximum Gasteiger partial charge on any atom is 0.223 e. The molecular formula is C18H26N8O. The topological polar surface area (TPSA) is 124 Å². The Kier molecular flexibility index (Phi) is 6.05. The van der Waals surface area contributed by atoms with Crippen LogP contribution in [0.3, 0.4) is 0 Å². The first kappa shape index (κ1) is 18.9. The molecule has 0 aliphatic carbocycles. The molecule has 2 aliphatic heterocycles. The molecule has 0 amide bonds. The van der Waals surface area contributed by atoms with Crippen LogP contribution in [0.5, 0.6) is 5.88 Å². The second-order valence-corrected chi connectivity index (χ2v) is 6.39. The Labute approximate surface area is 158 Å². The molecule has 6 N–H and O–H groups in total. The number of amidine groups is 1. The number of nitrogens with one attached hydrogen (secondary N) is 4. The highest BCUT2D eigenvalue weighted by molar-refractivity contribution is 6.08. The number of aromatic nitrogens is 1. The van der Waals surface area contributed by atoms with Crippen molar-refractivity contribution in [3.8, 4) is 5.88 Å². The molecule has 27 heavy (non-hydrogen) atoms. The van der Waals surface area contributed by atoms with Crippen molar-refractivity contribution in [3.05, 3.63) is 41.7 Å². The number of ether oxygens (including phenoxy) is 1. The van der Waals surface area contributed by atoms with Crippen LogP contribution in [0.15, 0.2) is 35.5 Å². The van der Waals surface area contributed by atoms with Gasteiger partial charge in [-0.1, -0.05) is 0 Å². The van der Waals surface area contributed by atoms with Crippen molar-refractivity contribution in [3.63, 3.8) is 0 Å². The third kappa shape index (κ3) is 4.83. The maximum absolute atomic E-state index is 8.25. The van der Waals surface area contributed by atoms with E-state index in [9.17, 15) is 0 Å². The van der Waals surface area contributed by atoms with E-state index >= 15 is 0 Å². The number of hydrazine groups is 2. The number of aliphatic imine (C=N–C) groups is 1. The first-order valence-electron chi connectivity index (χ1n) is 8.90. The van der Waals surface area contributed by atoms with Gasteiger partial charge < -0.3 is 21.2 Å². The smallest absolute Gasteiger partial charge is 0.223 e. The summed E-state index contributed by atoms with van der Waals surface area (Å²) in [7, 11) is 3.42. The van der Waals surface area contributed by atoms with Crippen molar-refractivity contribution in [1.82, 2.24) is 26.3 Å². The highest BCUT2D eigenvalue weighted by Crippen LogP contribution is 2.24. The summed E-state index contributed by atoms with van der Waals surface area (Å²) in [4.78, 5) is 8.95. The summed E-state index contributed by atoms with van der Waals surface area (Å²) in [6, 6.07) is 3.91. The number of pyridine rings is 1. The second-order valence-electron chi connectivity index (χ2n) is 6.39. The summed E-state index contributed by atoms with van der Waals surface area (Å²) in [6.07, 6.45) is 7.07. The molecule has 3 heterocycles. The highest BCUT2D eigenvalue weighted by Gasteiger charge is 2.17. The van der Waals surface area contributed by atoms with Crippen LogP contribution in [0.2, 0.25) is 0 Å². The SMILES string of the molecule is COc1nc(C(=N)/C=C\C(N)=NC2CCNCC2)ccc1C1=CNN(C)N1. The fourth-order valence-corrected chi connectivity index (χ4v) is 2.94. The molecule has 1 fully saturated rings. The molecule has 2 aliphatic rings. The van der Waals surface area contributed by atoms with Crippen LogP contribution in [-0.2, 0) is 0 Å². The number of allylic oxidation sites excluding steroid dienone is 1. The Bertz CT molecular complexity index is 780. The maximum atomic E-state index is 8.25. The molecule has 9 heteroatoms. The molecule has 0 atom stereocenters. The van der Waals surface area contributed by atoms with Crippen molar-refractivity contribution in [2.75, 3.05) is 27.2 Å². The summed E-state index contributed by atoms with van der Waals surface area (Å²) in [5.74, 6) is 0.877. The van der Waals surface area contributed by atoms with Crippen molar-refractivity contribution >= 4 is 17.2 Å². The molecule has 9 nitrogen and oxygen atoms in total.